The Morgan fingerprint density at radius 3 is 2.55 bits per heavy atom. The SMILES string of the molecule is CNC(=O)C(C)CN(C)C(=O)c1ccc(N)cc1Cl.Cl. The predicted molar refractivity (Wildman–Crippen MR) is 83.3 cm³/mol. The van der Waals surface area contributed by atoms with Gasteiger partial charge in [-0.2, -0.15) is 0 Å². The van der Waals surface area contributed by atoms with E-state index >= 15 is 0 Å². The molecule has 1 rings (SSSR count). The molecule has 1 aromatic carbocycles. The van der Waals surface area contributed by atoms with Crippen molar-refractivity contribution < 1.29 is 9.59 Å². The van der Waals surface area contributed by atoms with Gasteiger partial charge in [-0.3, -0.25) is 9.59 Å². The van der Waals surface area contributed by atoms with Gasteiger partial charge >= 0.3 is 0 Å². The molecule has 112 valence electrons. The molecule has 0 bridgehead atoms. The summed E-state index contributed by atoms with van der Waals surface area (Å²) in [5.74, 6) is -0.629. The van der Waals surface area contributed by atoms with E-state index in [9.17, 15) is 9.59 Å². The van der Waals surface area contributed by atoms with Crippen molar-refractivity contribution in [2.24, 2.45) is 5.92 Å². The van der Waals surface area contributed by atoms with Crippen molar-refractivity contribution >= 4 is 41.5 Å². The summed E-state index contributed by atoms with van der Waals surface area (Å²) in [5.41, 5.74) is 6.46. The molecular weight excluding hydrogens is 301 g/mol. The molecular formula is C13H19Cl2N3O2. The zero-order valence-corrected chi connectivity index (χ0v) is 13.2. The Labute approximate surface area is 129 Å². The first-order valence-electron chi connectivity index (χ1n) is 5.89. The number of hydrogen-bond donors (Lipinski definition) is 2. The molecule has 3 N–H and O–H groups in total. The van der Waals surface area contributed by atoms with Gasteiger partial charge in [-0.05, 0) is 18.2 Å². The van der Waals surface area contributed by atoms with Gasteiger partial charge in [-0.25, -0.2) is 0 Å². The molecule has 0 spiro atoms. The number of rotatable bonds is 4. The first-order chi connectivity index (χ1) is 8.86. The van der Waals surface area contributed by atoms with Crippen molar-refractivity contribution in [3.63, 3.8) is 0 Å². The number of halogens is 2. The number of amides is 2. The van der Waals surface area contributed by atoms with Crippen LogP contribution in [-0.2, 0) is 4.79 Å². The summed E-state index contributed by atoms with van der Waals surface area (Å²) in [5, 5.41) is 2.86. The van der Waals surface area contributed by atoms with Crippen molar-refractivity contribution in [2.45, 2.75) is 6.92 Å². The van der Waals surface area contributed by atoms with Crippen molar-refractivity contribution in [3.8, 4) is 0 Å². The monoisotopic (exact) mass is 319 g/mol. The van der Waals surface area contributed by atoms with Gasteiger partial charge in [-0.1, -0.05) is 18.5 Å². The normalized spacial score (nSPS) is 11.2. The predicted octanol–water partition coefficient (Wildman–Crippen LogP) is 1.80. The highest BCUT2D eigenvalue weighted by molar-refractivity contribution is 6.34. The molecule has 0 aromatic heterocycles. The molecule has 2 amide bonds. The molecule has 20 heavy (non-hydrogen) atoms. The van der Waals surface area contributed by atoms with Gasteiger partial charge in [-0.15, -0.1) is 12.4 Å². The van der Waals surface area contributed by atoms with Crippen LogP contribution in [-0.4, -0.2) is 37.4 Å². The zero-order valence-electron chi connectivity index (χ0n) is 11.6. The highest BCUT2D eigenvalue weighted by Gasteiger charge is 2.20. The second-order valence-electron chi connectivity index (χ2n) is 4.44. The quantitative estimate of drug-likeness (QED) is 0.831. The second kappa shape index (κ2) is 7.97. The van der Waals surface area contributed by atoms with Gasteiger partial charge in [0.05, 0.1) is 16.5 Å². The highest BCUT2D eigenvalue weighted by Crippen LogP contribution is 2.20. The lowest BCUT2D eigenvalue weighted by atomic mass is 10.1. The highest BCUT2D eigenvalue weighted by atomic mass is 35.5. The molecule has 0 heterocycles. The summed E-state index contributed by atoms with van der Waals surface area (Å²) >= 11 is 5.99. The van der Waals surface area contributed by atoms with Crippen LogP contribution in [0.25, 0.3) is 0 Å². The minimum atomic E-state index is -0.286. The Bertz CT molecular complexity index is 495. The molecule has 5 nitrogen and oxygen atoms in total. The standard InChI is InChI=1S/C13H18ClN3O2.ClH/c1-8(12(18)16-2)7-17(3)13(19)10-5-4-9(15)6-11(10)14;/h4-6,8H,7,15H2,1-3H3,(H,16,18);1H. The van der Waals surface area contributed by atoms with Crippen molar-refractivity contribution in [1.82, 2.24) is 10.2 Å². The molecule has 0 aliphatic carbocycles. The summed E-state index contributed by atoms with van der Waals surface area (Å²) in [4.78, 5) is 25.1. The minimum Gasteiger partial charge on any atom is -0.399 e. The van der Waals surface area contributed by atoms with Crippen molar-refractivity contribution in [1.29, 1.82) is 0 Å². The van der Waals surface area contributed by atoms with Crippen LogP contribution in [0.1, 0.15) is 17.3 Å². The summed E-state index contributed by atoms with van der Waals surface area (Å²) in [6.45, 7) is 2.08. The summed E-state index contributed by atoms with van der Waals surface area (Å²) in [6, 6.07) is 4.74. The molecule has 0 aliphatic rings. The Hall–Kier alpha value is -1.46. The van der Waals surface area contributed by atoms with E-state index in [0.717, 1.165) is 0 Å². The number of anilines is 1. The van der Waals surface area contributed by atoms with Crippen LogP contribution in [0, 0.1) is 5.92 Å². The zero-order chi connectivity index (χ0) is 14.6. The third-order valence-corrected chi connectivity index (χ3v) is 3.12. The van der Waals surface area contributed by atoms with Crippen LogP contribution >= 0.6 is 24.0 Å². The maximum absolute atomic E-state index is 12.2. The van der Waals surface area contributed by atoms with Crippen LogP contribution in [0.5, 0.6) is 0 Å². The van der Waals surface area contributed by atoms with E-state index in [1.165, 1.54) is 11.0 Å². The van der Waals surface area contributed by atoms with E-state index in [1.807, 2.05) is 0 Å². The third kappa shape index (κ3) is 4.58. The Kier molecular flexibility index (Phi) is 7.39. The van der Waals surface area contributed by atoms with Crippen LogP contribution in [0.4, 0.5) is 5.69 Å². The fraction of sp³-hybridized carbons (Fsp3) is 0.385. The average molecular weight is 320 g/mol. The van der Waals surface area contributed by atoms with Crippen molar-refractivity contribution in [3.05, 3.63) is 28.8 Å². The van der Waals surface area contributed by atoms with E-state index in [0.29, 0.717) is 22.8 Å². The van der Waals surface area contributed by atoms with E-state index < -0.39 is 0 Å². The van der Waals surface area contributed by atoms with E-state index in [4.69, 9.17) is 17.3 Å². The number of nitrogens with two attached hydrogens (primary N) is 1. The molecule has 1 unspecified atom stereocenters. The lowest BCUT2D eigenvalue weighted by molar-refractivity contribution is -0.124. The smallest absolute Gasteiger partial charge is 0.255 e. The third-order valence-electron chi connectivity index (χ3n) is 2.81. The summed E-state index contributed by atoms with van der Waals surface area (Å²) in [6.07, 6.45) is 0. The van der Waals surface area contributed by atoms with Gasteiger partial charge < -0.3 is 16.0 Å². The lowest BCUT2D eigenvalue weighted by Crippen LogP contribution is -2.37. The first-order valence-corrected chi connectivity index (χ1v) is 6.26. The number of carbonyl (C=O) groups excluding carboxylic acids is 2. The fourth-order valence-corrected chi connectivity index (χ4v) is 2.00. The molecule has 7 heteroatoms. The van der Waals surface area contributed by atoms with Crippen LogP contribution in [0.3, 0.4) is 0 Å². The van der Waals surface area contributed by atoms with Gasteiger partial charge in [0, 0.05) is 26.3 Å². The summed E-state index contributed by atoms with van der Waals surface area (Å²) in [7, 11) is 3.20. The number of nitrogen functional groups attached to an aromatic ring is 1. The Morgan fingerprint density at radius 2 is 2.05 bits per heavy atom. The maximum atomic E-state index is 12.2. The topological polar surface area (TPSA) is 75.4 Å². The number of nitrogens with one attached hydrogen (secondary N) is 1. The number of hydrogen-bond acceptors (Lipinski definition) is 3. The van der Waals surface area contributed by atoms with Gasteiger partial charge in [0.1, 0.15) is 0 Å². The molecule has 1 atom stereocenters. The lowest BCUT2D eigenvalue weighted by Gasteiger charge is -2.21. The molecule has 0 saturated carbocycles. The maximum Gasteiger partial charge on any atom is 0.255 e. The number of nitrogens with zero attached hydrogens (tertiary/aromatic N) is 1. The first kappa shape index (κ1) is 18.5. The average Bonchev–Trinajstić information content (AvgIpc) is 2.36. The molecule has 0 radical (unpaired) electrons. The largest absolute Gasteiger partial charge is 0.399 e. The molecule has 1 aromatic rings. The Morgan fingerprint density at radius 1 is 1.45 bits per heavy atom. The second-order valence-corrected chi connectivity index (χ2v) is 4.85. The van der Waals surface area contributed by atoms with Crippen LogP contribution < -0.4 is 11.1 Å². The number of benzene rings is 1. The Balaban J connectivity index is 0.00000361. The van der Waals surface area contributed by atoms with Crippen LogP contribution in [0.2, 0.25) is 5.02 Å². The number of carbonyl (C=O) groups is 2. The molecule has 0 aliphatic heterocycles. The van der Waals surface area contributed by atoms with Crippen LogP contribution in [0.15, 0.2) is 18.2 Å². The van der Waals surface area contributed by atoms with E-state index in [2.05, 4.69) is 5.32 Å². The van der Waals surface area contributed by atoms with E-state index in [1.54, 1.807) is 33.2 Å². The van der Waals surface area contributed by atoms with Gasteiger partial charge in [0.25, 0.3) is 5.91 Å². The van der Waals surface area contributed by atoms with Gasteiger partial charge in [0.15, 0.2) is 0 Å². The summed E-state index contributed by atoms with van der Waals surface area (Å²) < 4.78 is 0. The van der Waals surface area contributed by atoms with Crippen molar-refractivity contribution in [2.75, 3.05) is 26.4 Å². The van der Waals surface area contributed by atoms with Gasteiger partial charge in [0.2, 0.25) is 5.91 Å². The minimum absolute atomic E-state index is 0. The fourth-order valence-electron chi connectivity index (χ4n) is 1.73. The van der Waals surface area contributed by atoms with E-state index in [-0.39, 0.29) is 30.1 Å². The molecule has 0 fully saturated rings. The molecule has 0 saturated heterocycles.